The topological polar surface area (TPSA) is 136 Å². The van der Waals surface area contributed by atoms with Crippen molar-refractivity contribution in [3.05, 3.63) is 98.6 Å². The Bertz CT molecular complexity index is 1400. The molecule has 0 saturated carbocycles. The summed E-state index contributed by atoms with van der Waals surface area (Å²) < 4.78 is 5.02. The van der Waals surface area contributed by atoms with Crippen LogP contribution in [0.1, 0.15) is 42.2 Å². The number of nitrogens with one attached hydrogen (secondary N) is 1. The molecule has 1 aliphatic rings. The van der Waals surface area contributed by atoms with Gasteiger partial charge in [-0.05, 0) is 61.4 Å². The number of nitro benzene ring substituents is 1. The number of carbonyl (C=O) groups excluding carboxylic acids is 4. The molecule has 1 N–H and O–H groups in total. The summed E-state index contributed by atoms with van der Waals surface area (Å²) in [7, 11) is 0. The lowest BCUT2D eigenvalue weighted by Gasteiger charge is -2.17. The lowest BCUT2D eigenvalue weighted by Crippen LogP contribution is -2.30. The van der Waals surface area contributed by atoms with Crippen molar-refractivity contribution in [3.8, 4) is 0 Å². The highest BCUT2D eigenvalue weighted by Gasteiger charge is 2.38. The fourth-order valence-corrected chi connectivity index (χ4v) is 3.62. The van der Waals surface area contributed by atoms with Crippen molar-refractivity contribution in [1.29, 1.82) is 0 Å². The van der Waals surface area contributed by atoms with Crippen LogP contribution in [-0.2, 0) is 9.53 Å². The maximum Gasteiger partial charge on any atom is 0.338 e. The van der Waals surface area contributed by atoms with Gasteiger partial charge in [-0.2, -0.15) is 0 Å². The quantitative estimate of drug-likeness (QED) is 0.249. The second-order valence-electron chi connectivity index (χ2n) is 7.92. The van der Waals surface area contributed by atoms with E-state index in [1.54, 1.807) is 13.0 Å². The van der Waals surface area contributed by atoms with Crippen LogP contribution in [-0.4, -0.2) is 35.2 Å². The number of nitrogens with zero attached hydrogens (tertiary/aromatic N) is 2. The molecule has 0 fully saturated rings. The summed E-state index contributed by atoms with van der Waals surface area (Å²) in [5.41, 5.74) is 2.53. The molecule has 10 heteroatoms. The number of anilines is 2. The molecule has 0 unspecified atom stereocenters. The van der Waals surface area contributed by atoms with Gasteiger partial charge in [0.25, 0.3) is 23.4 Å². The SMILES string of the molecule is Cc1ccc(C)c(N2C(=O)c3ccc(C(=O)OCC(=O)Nc4ccc([N+](=O)[O-])cc4)cc3C2=O)c1. The predicted octanol–water partition coefficient (Wildman–Crippen LogP) is 3.81. The van der Waals surface area contributed by atoms with E-state index in [0.29, 0.717) is 11.4 Å². The first kappa shape index (κ1) is 23.3. The molecule has 0 atom stereocenters. The van der Waals surface area contributed by atoms with Gasteiger partial charge in [-0.1, -0.05) is 12.1 Å². The van der Waals surface area contributed by atoms with Crippen molar-refractivity contribution in [3.63, 3.8) is 0 Å². The summed E-state index contributed by atoms with van der Waals surface area (Å²) in [6.07, 6.45) is 0. The minimum atomic E-state index is -0.850. The summed E-state index contributed by atoms with van der Waals surface area (Å²) in [5, 5.41) is 13.2. The zero-order valence-corrected chi connectivity index (χ0v) is 18.7. The smallest absolute Gasteiger partial charge is 0.338 e. The number of amides is 3. The van der Waals surface area contributed by atoms with Gasteiger partial charge in [0.2, 0.25) is 0 Å². The van der Waals surface area contributed by atoms with Crippen molar-refractivity contribution in [2.24, 2.45) is 0 Å². The number of imide groups is 1. The van der Waals surface area contributed by atoms with E-state index < -0.39 is 35.2 Å². The summed E-state index contributed by atoms with van der Waals surface area (Å²) in [4.78, 5) is 61.7. The molecule has 10 nitrogen and oxygen atoms in total. The lowest BCUT2D eigenvalue weighted by atomic mass is 10.1. The van der Waals surface area contributed by atoms with Gasteiger partial charge in [-0.3, -0.25) is 24.5 Å². The first-order valence-corrected chi connectivity index (χ1v) is 10.5. The zero-order valence-electron chi connectivity index (χ0n) is 18.7. The van der Waals surface area contributed by atoms with E-state index in [1.807, 2.05) is 19.1 Å². The van der Waals surface area contributed by atoms with Crippen molar-refractivity contribution in [2.75, 3.05) is 16.8 Å². The second-order valence-corrected chi connectivity index (χ2v) is 7.92. The molecule has 176 valence electrons. The largest absolute Gasteiger partial charge is 0.452 e. The van der Waals surface area contributed by atoms with Crippen LogP contribution in [0.25, 0.3) is 0 Å². The molecular weight excluding hydrogens is 454 g/mol. The molecule has 0 aliphatic carbocycles. The average Bonchev–Trinajstić information content (AvgIpc) is 3.08. The van der Waals surface area contributed by atoms with E-state index in [4.69, 9.17) is 4.74 Å². The van der Waals surface area contributed by atoms with Gasteiger partial charge < -0.3 is 10.1 Å². The summed E-state index contributed by atoms with van der Waals surface area (Å²) in [6.45, 7) is 3.03. The van der Waals surface area contributed by atoms with Crippen molar-refractivity contribution < 1.29 is 28.8 Å². The summed E-state index contributed by atoms with van der Waals surface area (Å²) in [6, 6.07) is 14.6. The molecule has 3 aromatic rings. The van der Waals surface area contributed by atoms with Gasteiger partial charge in [0.05, 0.1) is 27.3 Å². The van der Waals surface area contributed by atoms with E-state index in [2.05, 4.69) is 5.32 Å². The highest BCUT2D eigenvalue weighted by molar-refractivity contribution is 6.35. The number of esters is 1. The summed E-state index contributed by atoms with van der Waals surface area (Å²) >= 11 is 0. The monoisotopic (exact) mass is 473 g/mol. The van der Waals surface area contributed by atoms with E-state index in [-0.39, 0.29) is 22.4 Å². The van der Waals surface area contributed by atoms with Gasteiger partial charge in [-0.15, -0.1) is 0 Å². The molecule has 35 heavy (non-hydrogen) atoms. The van der Waals surface area contributed by atoms with E-state index in [0.717, 1.165) is 16.0 Å². The van der Waals surface area contributed by atoms with Crippen molar-refractivity contribution in [2.45, 2.75) is 13.8 Å². The first-order chi connectivity index (χ1) is 16.7. The molecule has 1 heterocycles. The number of fused-ring (bicyclic) bond motifs is 1. The van der Waals surface area contributed by atoms with Crippen LogP contribution >= 0.6 is 0 Å². The molecule has 1 aliphatic heterocycles. The normalized spacial score (nSPS) is 12.3. The maximum absolute atomic E-state index is 13.0. The molecular formula is C25H19N3O7. The van der Waals surface area contributed by atoms with Crippen LogP contribution in [0.5, 0.6) is 0 Å². The fourth-order valence-electron chi connectivity index (χ4n) is 3.62. The van der Waals surface area contributed by atoms with Crippen LogP contribution in [0.15, 0.2) is 60.7 Å². The van der Waals surface area contributed by atoms with Crippen LogP contribution in [0.4, 0.5) is 17.1 Å². The van der Waals surface area contributed by atoms with E-state index in [1.165, 1.54) is 42.5 Å². The maximum atomic E-state index is 13.0. The number of hydrogen-bond acceptors (Lipinski definition) is 7. The molecule has 0 saturated heterocycles. The Labute approximate surface area is 199 Å². The Morgan fingerprint density at radius 3 is 2.31 bits per heavy atom. The fraction of sp³-hybridized carbons (Fsp3) is 0.120. The number of rotatable bonds is 6. The van der Waals surface area contributed by atoms with Gasteiger partial charge in [0.1, 0.15) is 0 Å². The third kappa shape index (κ3) is 4.62. The first-order valence-electron chi connectivity index (χ1n) is 10.5. The van der Waals surface area contributed by atoms with Crippen LogP contribution in [0.3, 0.4) is 0 Å². The standard InChI is InChI=1S/C25H19N3O7/c1-14-3-4-15(2)21(11-14)27-23(30)19-10-5-16(12-20(19)24(27)31)25(32)35-13-22(29)26-17-6-8-18(9-7-17)28(33)34/h3-12H,13H2,1-2H3,(H,26,29). The summed E-state index contributed by atoms with van der Waals surface area (Å²) in [5.74, 6) is -2.54. The minimum absolute atomic E-state index is 0.0100. The molecule has 3 amide bonds. The molecule has 0 bridgehead atoms. The number of ether oxygens (including phenoxy) is 1. The Balaban J connectivity index is 1.44. The van der Waals surface area contributed by atoms with Gasteiger partial charge in [0, 0.05) is 17.8 Å². The predicted molar refractivity (Wildman–Crippen MR) is 126 cm³/mol. The molecule has 0 spiro atoms. The third-order valence-corrected chi connectivity index (χ3v) is 5.42. The Morgan fingerprint density at radius 1 is 0.943 bits per heavy atom. The number of benzene rings is 3. The average molecular weight is 473 g/mol. The van der Waals surface area contributed by atoms with Crippen molar-refractivity contribution >= 4 is 40.8 Å². The number of aryl methyl sites for hydroxylation is 2. The Morgan fingerprint density at radius 2 is 1.63 bits per heavy atom. The van der Waals surface area contributed by atoms with E-state index in [9.17, 15) is 29.3 Å². The van der Waals surface area contributed by atoms with Crippen LogP contribution in [0.2, 0.25) is 0 Å². The van der Waals surface area contributed by atoms with E-state index >= 15 is 0 Å². The zero-order chi connectivity index (χ0) is 25.3. The second kappa shape index (κ2) is 9.18. The van der Waals surface area contributed by atoms with Crippen LogP contribution in [0, 0.1) is 24.0 Å². The van der Waals surface area contributed by atoms with Gasteiger partial charge in [-0.25, -0.2) is 9.69 Å². The van der Waals surface area contributed by atoms with Crippen molar-refractivity contribution in [1.82, 2.24) is 0 Å². The Hall–Kier alpha value is -4.86. The number of carbonyl (C=O) groups is 4. The van der Waals surface area contributed by atoms with Gasteiger partial charge >= 0.3 is 5.97 Å². The number of nitro groups is 1. The van der Waals surface area contributed by atoms with Gasteiger partial charge in [0.15, 0.2) is 6.61 Å². The number of hydrogen-bond donors (Lipinski definition) is 1. The molecule has 4 rings (SSSR count). The Kier molecular flexibility index (Phi) is 6.11. The third-order valence-electron chi connectivity index (χ3n) is 5.42. The molecule has 0 radical (unpaired) electrons. The lowest BCUT2D eigenvalue weighted by molar-refractivity contribution is -0.384. The highest BCUT2D eigenvalue weighted by atomic mass is 16.6. The highest BCUT2D eigenvalue weighted by Crippen LogP contribution is 2.32. The minimum Gasteiger partial charge on any atom is -0.452 e. The molecule has 0 aromatic heterocycles. The number of non-ortho nitro benzene ring substituents is 1. The molecule has 3 aromatic carbocycles. The van der Waals surface area contributed by atoms with Crippen LogP contribution < -0.4 is 10.2 Å².